The number of aryl methyl sites for hydroxylation is 1. The monoisotopic (exact) mass is 515 g/mol. The zero-order chi connectivity index (χ0) is 27.8. The molecule has 5 rings (SSSR count). The molecule has 0 aliphatic heterocycles. The van der Waals surface area contributed by atoms with Gasteiger partial charge in [-0.1, -0.05) is 120 Å². The van der Waals surface area contributed by atoms with Gasteiger partial charge in [0.05, 0.1) is 6.54 Å². The molecule has 0 radical (unpaired) electrons. The van der Waals surface area contributed by atoms with E-state index in [1.54, 1.807) is 0 Å². The number of allylic oxidation sites excluding steroid dienone is 1. The fourth-order valence-electron chi connectivity index (χ4n) is 5.36. The van der Waals surface area contributed by atoms with Crippen molar-refractivity contribution in [1.82, 2.24) is 15.0 Å². The molecule has 200 valence electrons. The second-order valence-corrected chi connectivity index (χ2v) is 12.7. The van der Waals surface area contributed by atoms with Crippen LogP contribution in [0.2, 0.25) is 0 Å². The highest BCUT2D eigenvalue weighted by Gasteiger charge is 2.22. The summed E-state index contributed by atoms with van der Waals surface area (Å²) in [5, 5.41) is 12.7. The fraction of sp³-hybridized carbons (Fsp3) is 0.333. The van der Waals surface area contributed by atoms with Crippen molar-refractivity contribution in [3.63, 3.8) is 0 Å². The number of rotatable bonds is 7. The van der Waals surface area contributed by atoms with Crippen molar-refractivity contribution >= 4 is 21.8 Å². The van der Waals surface area contributed by atoms with Crippen LogP contribution < -0.4 is 0 Å². The summed E-state index contributed by atoms with van der Waals surface area (Å²) in [5.41, 5.74) is 9.48. The molecule has 4 aromatic carbocycles. The average Bonchev–Trinajstić information content (AvgIpc) is 3.32. The van der Waals surface area contributed by atoms with E-state index in [0.717, 1.165) is 48.0 Å². The van der Waals surface area contributed by atoms with Crippen LogP contribution in [0, 0.1) is 0 Å². The molecule has 3 heteroatoms. The van der Waals surface area contributed by atoms with Gasteiger partial charge in [-0.05, 0) is 63.1 Å². The maximum Gasteiger partial charge on any atom is 0.122 e. The SMILES string of the molecule is C=CCCCCn1nc2c(-c3ccc(C(C)(C)C)cc3)c3ccccc3c(-c3ccc(C(C)(C)C)cc3)c2n1. The molecule has 0 aliphatic rings. The molecule has 5 aromatic rings. The van der Waals surface area contributed by atoms with E-state index in [4.69, 9.17) is 10.2 Å². The number of hydrogen-bond acceptors (Lipinski definition) is 2. The van der Waals surface area contributed by atoms with Gasteiger partial charge >= 0.3 is 0 Å². The van der Waals surface area contributed by atoms with Crippen LogP contribution in [-0.2, 0) is 17.4 Å². The normalized spacial score (nSPS) is 12.4. The molecule has 1 heterocycles. The van der Waals surface area contributed by atoms with Crippen LogP contribution in [0.1, 0.15) is 71.9 Å². The highest BCUT2D eigenvalue weighted by Crippen LogP contribution is 2.43. The van der Waals surface area contributed by atoms with Gasteiger partial charge in [-0.25, -0.2) is 0 Å². The number of unbranched alkanes of at least 4 members (excludes halogenated alkanes) is 2. The molecule has 1 aromatic heterocycles. The van der Waals surface area contributed by atoms with Crippen molar-refractivity contribution in [2.45, 2.75) is 78.2 Å². The molecule has 39 heavy (non-hydrogen) atoms. The lowest BCUT2D eigenvalue weighted by Crippen LogP contribution is -2.10. The highest BCUT2D eigenvalue weighted by atomic mass is 15.5. The quantitative estimate of drug-likeness (QED) is 0.159. The first-order valence-corrected chi connectivity index (χ1v) is 14.2. The minimum absolute atomic E-state index is 0.105. The number of nitrogens with zero attached hydrogens (tertiary/aromatic N) is 3. The summed E-state index contributed by atoms with van der Waals surface area (Å²) in [6.45, 7) is 18.2. The van der Waals surface area contributed by atoms with Crippen molar-refractivity contribution in [1.29, 1.82) is 0 Å². The van der Waals surface area contributed by atoms with Crippen molar-refractivity contribution in [3.05, 3.63) is 96.6 Å². The smallest absolute Gasteiger partial charge is 0.122 e. The van der Waals surface area contributed by atoms with Crippen molar-refractivity contribution in [2.75, 3.05) is 0 Å². The molecule has 0 fully saturated rings. The highest BCUT2D eigenvalue weighted by molar-refractivity contribution is 6.19. The summed E-state index contributed by atoms with van der Waals surface area (Å²) in [4.78, 5) is 1.91. The minimum atomic E-state index is 0.105. The van der Waals surface area contributed by atoms with Gasteiger partial charge in [0, 0.05) is 11.1 Å². The Kier molecular flexibility index (Phi) is 7.20. The largest absolute Gasteiger partial charge is 0.184 e. The lowest BCUT2D eigenvalue weighted by atomic mass is 9.84. The van der Waals surface area contributed by atoms with Gasteiger partial charge < -0.3 is 0 Å². The second-order valence-electron chi connectivity index (χ2n) is 12.7. The lowest BCUT2D eigenvalue weighted by molar-refractivity contribution is 0.507. The van der Waals surface area contributed by atoms with Crippen LogP contribution in [-0.4, -0.2) is 15.0 Å². The van der Waals surface area contributed by atoms with E-state index in [-0.39, 0.29) is 10.8 Å². The number of fused-ring (bicyclic) bond motifs is 2. The standard InChI is InChI=1S/C36H41N3/c1-8-9-10-13-24-39-37-33-31(25-16-20-27(21-17-25)35(2,3)4)29-14-11-12-15-30(29)32(34(33)38-39)26-18-22-28(23-19-26)36(5,6)7/h8,11-12,14-23H,1,9-10,13,24H2,2-7H3. The summed E-state index contributed by atoms with van der Waals surface area (Å²) in [6, 6.07) is 26.8. The number of hydrogen-bond donors (Lipinski definition) is 0. The Morgan fingerprint density at radius 1 is 0.641 bits per heavy atom. The van der Waals surface area contributed by atoms with E-state index in [0.29, 0.717) is 0 Å². The van der Waals surface area contributed by atoms with E-state index < -0.39 is 0 Å². The Balaban J connectivity index is 1.76. The van der Waals surface area contributed by atoms with Crippen LogP contribution in [0.5, 0.6) is 0 Å². The molecule has 0 amide bonds. The first kappa shape index (κ1) is 26.9. The molecule has 0 saturated heterocycles. The van der Waals surface area contributed by atoms with Crippen LogP contribution >= 0.6 is 0 Å². The van der Waals surface area contributed by atoms with Gasteiger partial charge in [-0.15, -0.1) is 6.58 Å². The Morgan fingerprint density at radius 2 is 1.08 bits per heavy atom. The van der Waals surface area contributed by atoms with Gasteiger partial charge in [0.2, 0.25) is 0 Å². The van der Waals surface area contributed by atoms with Gasteiger partial charge in [-0.3, -0.25) is 0 Å². The lowest BCUT2D eigenvalue weighted by Gasteiger charge is -2.20. The molecule has 0 bridgehead atoms. The average molecular weight is 516 g/mol. The zero-order valence-electron chi connectivity index (χ0n) is 24.4. The van der Waals surface area contributed by atoms with E-state index >= 15 is 0 Å². The van der Waals surface area contributed by atoms with Crippen molar-refractivity contribution in [3.8, 4) is 22.3 Å². The summed E-state index contributed by atoms with van der Waals surface area (Å²) >= 11 is 0. The second kappa shape index (κ2) is 10.4. The van der Waals surface area contributed by atoms with Crippen LogP contribution in [0.15, 0.2) is 85.5 Å². The summed E-state index contributed by atoms with van der Waals surface area (Å²) in [6.07, 6.45) is 5.11. The van der Waals surface area contributed by atoms with E-state index in [1.165, 1.54) is 33.0 Å². The van der Waals surface area contributed by atoms with Crippen molar-refractivity contribution < 1.29 is 0 Å². The van der Waals surface area contributed by atoms with Gasteiger partial charge in [0.25, 0.3) is 0 Å². The molecule has 3 nitrogen and oxygen atoms in total. The third-order valence-electron chi connectivity index (χ3n) is 7.69. The van der Waals surface area contributed by atoms with Crippen LogP contribution in [0.4, 0.5) is 0 Å². The zero-order valence-corrected chi connectivity index (χ0v) is 24.4. The minimum Gasteiger partial charge on any atom is -0.184 e. The third-order valence-corrected chi connectivity index (χ3v) is 7.69. The topological polar surface area (TPSA) is 30.7 Å². The predicted molar refractivity (Wildman–Crippen MR) is 167 cm³/mol. The maximum absolute atomic E-state index is 5.13. The molecular formula is C36H41N3. The van der Waals surface area contributed by atoms with E-state index in [2.05, 4.69) is 121 Å². The molecule has 0 aliphatic carbocycles. The number of benzene rings is 4. The fourth-order valence-corrected chi connectivity index (χ4v) is 5.36. The van der Waals surface area contributed by atoms with Gasteiger partial charge in [-0.2, -0.15) is 15.0 Å². The molecule has 0 unspecified atom stereocenters. The molecule has 0 atom stereocenters. The Hall–Kier alpha value is -3.72. The summed E-state index contributed by atoms with van der Waals surface area (Å²) in [5.74, 6) is 0. The van der Waals surface area contributed by atoms with E-state index in [9.17, 15) is 0 Å². The van der Waals surface area contributed by atoms with Crippen LogP contribution in [0.25, 0.3) is 44.1 Å². The summed E-state index contributed by atoms with van der Waals surface area (Å²) < 4.78 is 0. The molecule has 0 saturated carbocycles. The molecular weight excluding hydrogens is 474 g/mol. The van der Waals surface area contributed by atoms with E-state index in [1.807, 2.05) is 10.9 Å². The van der Waals surface area contributed by atoms with Gasteiger partial charge in [0.1, 0.15) is 11.0 Å². The summed E-state index contributed by atoms with van der Waals surface area (Å²) in [7, 11) is 0. The maximum atomic E-state index is 5.13. The first-order valence-electron chi connectivity index (χ1n) is 14.2. The van der Waals surface area contributed by atoms with Crippen molar-refractivity contribution in [2.24, 2.45) is 0 Å². The predicted octanol–water partition coefficient (Wildman–Crippen LogP) is 9.87. The Labute approximate surface area is 233 Å². The third kappa shape index (κ3) is 5.41. The Morgan fingerprint density at radius 3 is 1.46 bits per heavy atom. The number of aromatic nitrogens is 3. The molecule has 0 spiro atoms. The Bertz CT molecular complexity index is 1490. The van der Waals surface area contributed by atoms with Crippen LogP contribution in [0.3, 0.4) is 0 Å². The molecule has 0 N–H and O–H groups in total. The van der Waals surface area contributed by atoms with Gasteiger partial charge in [0.15, 0.2) is 0 Å². The first-order chi connectivity index (χ1) is 18.6.